The van der Waals surface area contributed by atoms with Crippen LogP contribution in [0, 0.1) is 0 Å². The number of rotatable bonds is 7. The molecule has 290 valence electrons. The van der Waals surface area contributed by atoms with Crippen LogP contribution < -0.4 is 0 Å². The molecule has 0 aliphatic carbocycles. The summed E-state index contributed by atoms with van der Waals surface area (Å²) in [5, 5.41) is 4.71. The first-order valence-electron chi connectivity index (χ1n) is 21.0. The number of hydrogen-bond donors (Lipinski definition) is 0. The molecule has 0 N–H and O–H groups in total. The molecule has 5 heteroatoms. The Balaban J connectivity index is 1.22. The highest BCUT2D eigenvalue weighted by Gasteiger charge is 2.24. The first kappa shape index (κ1) is 35.5. The van der Waals surface area contributed by atoms with Gasteiger partial charge in [0, 0.05) is 55.2 Å². The van der Waals surface area contributed by atoms with E-state index >= 15 is 0 Å². The van der Waals surface area contributed by atoms with Gasteiger partial charge in [0.2, 0.25) is 0 Å². The predicted molar refractivity (Wildman–Crippen MR) is 256 cm³/mol. The first-order chi connectivity index (χ1) is 30.8. The van der Waals surface area contributed by atoms with Gasteiger partial charge in [0.05, 0.1) is 22.1 Å². The Kier molecular flexibility index (Phi) is 8.42. The van der Waals surface area contributed by atoms with Gasteiger partial charge in [0.15, 0.2) is 17.5 Å². The van der Waals surface area contributed by atoms with Crippen molar-refractivity contribution in [2.24, 2.45) is 0 Å². The lowest BCUT2D eigenvalue weighted by Gasteiger charge is -2.15. The molecule has 0 atom stereocenters. The van der Waals surface area contributed by atoms with Crippen molar-refractivity contribution >= 4 is 43.6 Å². The Labute approximate surface area is 358 Å². The molecule has 0 amide bonds. The summed E-state index contributed by atoms with van der Waals surface area (Å²) in [4.78, 5) is 15.6. The monoisotopic (exact) mass is 791 g/mol. The molecule has 0 unspecified atom stereocenters. The summed E-state index contributed by atoms with van der Waals surface area (Å²) in [6.07, 6.45) is 0. The molecule has 0 fully saturated rings. The number of para-hydroxylation sites is 4. The summed E-state index contributed by atoms with van der Waals surface area (Å²) in [6.45, 7) is 0. The lowest BCUT2D eigenvalue weighted by Crippen LogP contribution is -2.01. The number of aromatic nitrogens is 5. The molecular formula is C57H37N5. The van der Waals surface area contributed by atoms with E-state index in [0.29, 0.717) is 17.5 Å². The van der Waals surface area contributed by atoms with E-state index in [1.165, 1.54) is 27.3 Å². The van der Waals surface area contributed by atoms with Crippen molar-refractivity contribution in [2.45, 2.75) is 0 Å². The summed E-state index contributed by atoms with van der Waals surface area (Å²) >= 11 is 0. The van der Waals surface area contributed by atoms with Gasteiger partial charge in [-0.3, -0.25) is 0 Å². The van der Waals surface area contributed by atoms with Crippen molar-refractivity contribution in [3.8, 4) is 67.8 Å². The lowest BCUT2D eigenvalue weighted by molar-refractivity contribution is 1.07. The minimum atomic E-state index is 0.606. The standard InChI is InChI=1S/C57H37N5/c1-6-19-38(20-7-1)41-33-34-45-46-30-18-31-47(54(46)62(51(45)36-41)44-27-14-5-15-28-44)49-35-42(37-52-53(49)48-29-16-17-32-50(48)61(52)43-25-12-4-13-26-43)57-59-55(39-21-8-2-9-22-39)58-56(60-57)40-23-10-3-11-24-40/h1-37H. The van der Waals surface area contributed by atoms with Crippen LogP contribution in [0.25, 0.3) is 111 Å². The Morgan fingerprint density at radius 1 is 0.274 bits per heavy atom. The van der Waals surface area contributed by atoms with Crippen LogP contribution in [-0.4, -0.2) is 24.1 Å². The minimum Gasteiger partial charge on any atom is -0.309 e. The average molecular weight is 792 g/mol. The van der Waals surface area contributed by atoms with E-state index in [4.69, 9.17) is 15.0 Å². The molecule has 3 heterocycles. The maximum Gasteiger partial charge on any atom is 0.164 e. The van der Waals surface area contributed by atoms with E-state index in [2.05, 4.69) is 197 Å². The van der Waals surface area contributed by atoms with Gasteiger partial charge >= 0.3 is 0 Å². The van der Waals surface area contributed by atoms with Gasteiger partial charge in [-0.2, -0.15) is 0 Å². The fraction of sp³-hybridized carbons (Fsp3) is 0. The summed E-state index contributed by atoms with van der Waals surface area (Å²) in [5.41, 5.74) is 14.0. The third-order valence-electron chi connectivity index (χ3n) is 11.9. The average Bonchev–Trinajstić information content (AvgIpc) is 3.88. The molecule has 0 radical (unpaired) electrons. The molecule has 12 rings (SSSR count). The fourth-order valence-corrected chi connectivity index (χ4v) is 9.17. The molecule has 5 nitrogen and oxygen atoms in total. The van der Waals surface area contributed by atoms with Crippen LogP contribution in [0.5, 0.6) is 0 Å². The van der Waals surface area contributed by atoms with Gasteiger partial charge in [0.1, 0.15) is 0 Å². The van der Waals surface area contributed by atoms with Gasteiger partial charge in [0.25, 0.3) is 0 Å². The van der Waals surface area contributed by atoms with E-state index in [9.17, 15) is 0 Å². The second kappa shape index (κ2) is 14.7. The van der Waals surface area contributed by atoms with Crippen LogP contribution in [0.3, 0.4) is 0 Å². The maximum atomic E-state index is 5.26. The molecule has 0 saturated carbocycles. The SMILES string of the molecule is c1ccc(-c2ccc3c4cccc(-c5cc(-c6nc(-c7ccccc7)nc(-c7ccccc7)n6)cc6c5c5ccccc5n6-c5ccccc5)c4n(-c4ccccc4)c3c2)cc1. The Morgan fingerprint density at radius 2 is 0.774 bits per heavy atom. The largest absolute Gasteiger partial charge is 0.309 e. The van der Waals surface area contributed by atoms with Crippen molar-refractivity contribution in [1.82, 2.24) is 24.1 Å². The second-order valence-corrected chi connectivity index (χ2v) is 15.6. The molecular weight excluding hydrogens is 755 g/mol. The molecule has 12 aromatic rings. The molecule has 0 saturated heterocycles. The van der Waals surface area contributed by atoms with Gasteiger partial charge in [-0.1, -0.05) is 176 Å². The minimum absolute atomic E-state index is 0.606. The molecule has 3 aromatic heterocycles. The Hall–Kier alpha value is -8.41. The highest BCUT2D eigenvalue weighted by atomic mass is 15.0. The van der Waals surface area contributed by atoms with Crippen molar-refractivity contribution in [2.75, 3.05) is 0 Å². The second-order valence-electron chi connectivity index (χ2n) is 15.6. The number of hydrogen-bond acceptors (Lipinski definition) is 3. The van der Waals surface area contributed by atoms with Gasteiger partial charge in [-0.05, 0) is 65.2 Å². The summed E-state index contributed by atoms with van der Waals surface area (Å²) < 4.78 is 4.83. The lowest BCUT2D eigenvalue weighted by atomic mass is 9.94. The van der Waals surface area contributed by atoms with Crippen LogP contribution >= 0.6 is 0 Å². The third kappa shape index (κ3) is 5.90. The molecule has 0 spiro atoms. The molecule has 62 heavy (non-hydrogen) atoms. The van der Waals surface area contributed by atoms with E-state index in [1.807, 2.05) is 36.4 Å². The Bertz CT molecular complexity index is 3540. The van der Waals surface area contributed by atoms with Crippen LogP contribution in [0.15, 0.2) is 224 Å². The van der Waals surface area contributed by atoms with Gasteiger partial charge in [-0.25, -0.2) is 15.0 Å². The zero-order valence-electron chi connectivity index (χ0n) is 33.6. The fourth-order valence-electron chi connectivity index (χ4n) is 9.17. The Morgan fingerprint density at radius 3 is 1.40 bits per heavy atom. The van der Waals surface area contributed by atoms with Crippen molar-refractivity contribution < 1.29 is 0 Å². The van der Waals surface area contributed by atoms with E-state index < -0.39 is 0 Å². The zero-order valence-corrected chi connectivity index (χ0v) is 33.6. The summed E-state index contributed by atoms with van der Waals surface area (Å²) in [6, 6.07) is 79.4. The van der Waals surface area contributed by atoms with Crippen molar-refractivity contribution in [1.29, 1.82) is 0 Å². The van der Waals surface area contributed by atoms with Gasteiger partial charge < -0.3 is 9.13 Å². The number of nitrogens with zero attached hydrogens (tertiary/aromatic N) is 5. The van der Waals surface area contributed by atoms with Crippen LogP contribution in [0.1, 0.15) is 0 Å². The van der Waals surface area contributed by atoms with Crippen molar-refractivity contribution in [3.63, 3.8) is 0 Å². The van der Waals surface area contributed by atoms with Gasteiger partial charge in [-0.15, -0.1) is 0 Å². The molecule has 9 aromatic carbocycles. The third-order valence-corrected chi connectivity index (χ3v) is 11.9. The van der Waals surface area contributed by atoms with E-state index in [-0.39, 0.29) is 0 Å². The topological polar surface area (TPSA) is 48.5 Å². The maximum absolute atomic E-state index is 5.26. The number of benzene rings is 9. The summed E-state index contributed by atoms with van der Waals surface area (Å²) in [7, 11) is 0. The van der Waals surface area contributed by atoms with Crippen molar-refractivity contribution in [3.05, 3.63) is 224 Å². The molecule has 0 bridgehead atoms. The zero-order chi connectivity index (χ0) is 41.0. The van der Waals surface area contributed by atoms with Crippen LogP contribution in [0.2, 0.25) is 0 Å². The number of fused-ring (bicyclic) bond motifs is 6. The first-order valence-corrected chi connectivity index (χ1v) is 21.0. The quantitative estimate of drug-likeness (QED) is 0.162. The molecule has 0 aliphatic rings. The highest BCUT2D eigenvalue weighted by molar-refractivity contribution is 6.21. The van der Waals surface area contributed by atoms with E-state index in [0.717, 1.165) is 66.6 Å². The predicted octanol–water partition coefficient (Wildman–Crippen LogP) is 14.4. The van der Waals surface area contributed by atoms with Crippen LogP contribution in [-0.2, 0) is 0 Å². The molecule has 0 aliphatic heterocycles. The normalized spacial score (nSPS) is 11.5. The highest BCUT2D eigenvalue weighted by Crippen LogP contribution is 2.46. The van der Waals surface area contributed by atoms with E-state index in [1.54, 1.807) is 0 Å². The smallest absolute Gasteiger partial charge is 0.164 e. The van der Waals surface area contributed by atoms with Crippen LogP contribution in [0.4, 0.5) is 0 Å². The summed E-state index contributed by atoms with van der Waals surface area (Å²) in [5.74, 6) is 1.86.